The van der Waals surface area contributed by atoms with Gasteiger partial charge >= 0.3 is 11.9 Å². The van der Waals surface area contributed by atoms with Gasteiger partial charge in [0.15, 0.2) is 11.9 Å². The van der Waals surface area contributed by atoms with Crippen LogP contribution in [0, 0.1) is 29.6 Å². The number of hydrogen-bond acceptors (Lipinski definition) is 15. The molecule has 1 aromatic rings. The maximum atomic E-state index is 15.0. The van der Waals surface area contributed by atoms with Crippen LogP contribution in [0.15, 0.2) is 24.3 Å². The second kappa shape index (κ2) is 29.3. The van der Waals surface area contributed by atoms with E-state index in [4.69, 9.17) is 14.2 Å². The lowest BCUT2D eigenvalue weighted by Gasteiger charge is -2.36. The van der Waals surface area contributed by atoms with Gasteiger partial charge in [-0.3, -0.25) is 43.2 Å². The van der Waals surface area contributed by atoms with Gasteiger partial charge in [0.25, 0.3) is 5.91 Å². The highest BCUT2D eigenvalue weighted by molar-refractivity contribution is 6.05. The molecule has 0 aliphatic carbocycles. The number of esters is 2. The highest BCUT2D eigenvalue weighted by Gasteiger charge is 2.46. The molecule has 1 aromatic carbocycles. The van der Waals surface area contributed by atoms with Gasteiger partial charge in [0.1, 0.15) is 54.2 Å². The average Bonchev–Trinajstić information content (AvgIpc) is 4.13. The van der Waals surface area contributed by atoms with Crippen molar-refractivity contribution < 1.29 is 72.4 Å². The Morgan fingerprint density at radius 1 is 0.861 bits per heavy atom. The summed E-state index contributed by atoms with van der Waals surface area (Å²) in [5.41, 5.74) is 0.571. The van der Waals surface area contributed by atoms with Crippen LogP contribution in [0.5, 0.6) is 5.75 Å². The maximum Gasteiger partial charge on any atom is 0.329 e. The zero-order chi connectivity index (χ0) is 59.3. The lowest BCUT2D eigenvalue weighted by molar-refractivity contribution is -0.163. The molecule has 22 heteroatoms. The fourth-order valence-electron chi connectivity index (χ4n) is 10.5. The first-order valence-corrected chi connectivity index (χ1v) is 28.0. The first-order chi connectivity index (χ1) is 37.0. The molecule has 3 heterocycles. The van der Waals surface area contributed by atoms with Gasteiger partial charge in [-0.25, -0.2) is 4.79 Å². The molecule has 79 heavy (non-hydrogen) atoms. The van der Waals surface area contributed by atoms with Crippen LogP contribution in [0.2, 0.25) is 0 Å². The molecule has 0 saturated carbocycles. The molecule has 7 amide bonds. The molecular weight excluding hydrogens is 1020 g/mol. The van der Waals surface area contributed by atoms with Crippen molar-refractivity contribution in [2.75, 3.05) is 34.3 Å². The number of benzene rings is 1. The Morgan fingerprint density at radius 3 is 2.06 bits per heavy atom. The average molecular weight is 1110 g/mol. The van der Waals surface area contributed by atoms with Crippen LogP contribution >= 0.6 is 0 Å². The van der Waals surface area contributed by atoms with Gasteiger partial charge in [0.05, 0.1) is 31.6 Å². The minimum absolute atomic E-state index is 0.0720. The Kier molecular flexibility index (Phi) is 24.3. The monoisotopic (exact) mass is 1110 g/mol. The van der Waals surface area contributed by atoms with Crippen LogP contribution in [0.3, 0.4) is 0 Å². The van der Waals surface area contributed by atoms with E-state index in [0.717, 1.165) is 0 Å². The van der Waals surface area contributed by atoms with Crippen LogP contribution in [-0.2, 0) is 63.8 Å². The molecule has 0 spiro atoms. The Morgan fingerprint density at radius 2 is 1.49 bits per heavy atom. The van der Waals surface area contributed by atoms with Gasteiger partial charge in [0, 0.05) is 33.6 Å². The number of ether oxygens (including phenoxy) is 3. The summed E-state index contributed by atoms with van der Waals surface area (Å²) in [4.78, 5) is 149. The number of fused-ring (bicyclic) bond motifs is 1. The molecule has 5 N–H and O–H groups in total. The highest BCUT2D eigenvalue weighted by atomic mass is 16.6. The number of likely N-dealkylation sites (tertiary alicyclic amines) is 1. The summed E-state index contributed by atoms with van der Waals surface area (Å²) in [7, 11) is 4.29. The van der Waals surface area contributed by atoms with Gasteiger partial charge in [-0.1, -0.05) is 73.9 Å². The Bertz CT molecular complexity index is 2330. The number of nitrogens with zero attached hydrogens (tertiary/aromatic N) is 4. The third-order valence-electron chi connectivity index (χ3n) is 15.5. The number of carbonyl (C=O) groups is 10. The van der Waals surface area contributed by atoms with Gasteiger partial charge in [-0.05, 0) is 101 Å². The van der Waals surface area contributed by atoms with Crippen molar-refractivity contribution >= 4 is 59.1 Å². The molecule has 3 aliphatic heterocycles. The van der Waals surface area contributed by atoms with Crippen LogP contribution in [-0.4, -0.2) is 190 Å². The Hall–Kier alpha value is -6.16. The second-order valence-electron chi connectivity index (χ2n) is 23.0. The molecule has 22 nitrogen and oxygen atoms in total. The molecule has 3 saturated heterocycles. The number of rotatable bonds is 15. The summed E-state index contributed by atoms with van der Waals surface area (Å²) in [5.74, 6) is -10.3. The number of aliphatic hydroxyl groups excluding tert-OH is 2. The number of nitrogens with one attached hydrogen (secondary N) is 3. The number of Topliss-reactive ketones (excluding diaryl/α,β-unsaturated/α-hetero) is 1. The zero-order valence-electron chi connectivity index (χ0n) is 48.8. The fourth-order valence-corrected chi connectivity index (χ4v) is 10.5. The number of amides is 7. The summed E-state index contributed by atoms with van der Waals surface area (Å²) in [5, 5.41) is 30.2. The van der Waals surface area contributed by atoms with Gasteiger partial charge < -0.3 is 60.0 Å². The summed E-state index contributed by atoms with van der Waals surface area (Å²) in [6.07, 6.45) is -4.99. The van der Waals surface area contributed by atoms with Crippen LogP contribution < -0.4 is 20.7 Å². The molecule has 442 valence electrons. The van der Waals surface area contributed by atoms with Crippen LogP contribution in [0.4, 0.5) is 0 Å². The van der Waals surface area contributed by atoms with Gasteiger partial charge in [0.2, 0.25) is 35.4 Å². The number of methoxy groups -OCH3 is 1. The lowest BCUT2D eigenvalue weighted by Crippen LogP contribution is -2.62. The van der Waals surface area contributed by atoms with E-state index in [-0.39, 0.29) is 57.0 Å². The van der Waals surface area contributed by atoms with E-state index in [9.17, 15) is 53.4 Å². The Balaban J connectivity index is 1.89. The Labute approximate surface area is 465 Å². The molecule has 0 bridgehead atoms. The van der Waals surface area contributed by atoms with Crippen molar-refractivity contribution in [2.45, 2.75) is 201 Å². The molecule has 3 fully saturated rings. The molecular formula is C57H89N7O15. The molecule has 13 atom stereocenters. The summed E-state index contributed by atoms with van der Waals surface area (Å²) in [6.45, 7) is 18.4. The predicted molar refractivity (Wildman–Crippen MR) is 290 cm³/mol. The van der Waals surface area contributed by atoms with Crippen LogP contribution in [0.1, 0.15) is 133 Å². The smallest absolute Gasteiger partial charge is 0.329 e. The standard InChI is InChI=1S/C57H89N7O15/c1-15-33(8)46-44(66)29-45(67)79-49(32(6)7)48(68)34(9)50(69)58-39(26-30(2)3)54(73)64-25-17-19-41(64)56(75)62(13)43(28-37-20-22-38(77-14)23-21-37)57(76)78-36(11)47(52(71)59-46)60-51(70)42(27-31(4)5)61(12)55(74)40-18-16-24-63(40)53(72)35(10)65/h20-23,30-36,39-44,46-47,49,65-66H,15-19,24-29H2,1-14H3,(H,58,69)(H,59,71)(H,60,70)/t33-,34-,35-,36-,39-,40+,41+,42-,43-,44+,46+,47-,49-/m0/s1. The van der Waals surface area contributed by atoms with E-state index in [2.05, 4.69) is 16.0 Å². The van der Waals surface area contributed by atoms with E-state index < -0.39 is 150 Å². The van der Waals surface area contributed by atoms with Crippen LogP contribution in [0.25, 0.3) is 0 Å². The van der Waals surface area contributed by atoms with E-state index in [1.165, 1.54) is 61.6 Å². The number of hydrogen-bond donors (Lipinski definition) is 5. The number of cyclic esters (lactones) is 2. The third-order valence-corrected chi connectivity index (χ3v) is 15.5. The summed E-state index contributed by atoms with van der Waals surface area (Å²) < 4.78 is 17.2. The minimum Gasteiger partial charge on any atom is -0.497 e. The first-order valence-electron chi connectivity index (χ1n) is 28.0. The zero-order valence-corrected chi connectivity index (χ0v) is 48.8. The first kappa shape index (κ1) is 65.4. The third kappa shape index (κ3) is 16.9. The molecule has 0 aromatic heterocycles. The van der Waals surface area contributed by atoms with Crippen molar-refractivity contribution in [1.82, 2.24) is 35.6 Å². The molecule has 0 unspecified atom stereocenters. The minimum atomic E-state index is -1.76. The second-order valence-corrected chi connectivity index (χ2v) is 23.0. The molecule has 0 radical (unpaired) electrons. The predicted octanol–water partition coefficient (Wildman–Crippen LogP) is 2.32. The fraction of sp³-hybridized carbons (Fsp3) is 0.719. The van der Waals surface area contributed by atoms with Gasteiger partial charge in [-0.2, -0.15) is 0 Å². The SMILES string of the molecule is CC[C@H](C)[C@H]1NC(=O)[C@@H](NC(=O)[C@H](CC(C)C)N(C)C(=O)[C@H]2CCCN2C(=O)[C@H](C)O)[C@H](C)OC(=O)[C@H](Cc2ccc(OC)cc2)N(C)C(=O)[C@H]2CCCN2C(=O)[C@H](CC(C)C)NC(=O)[C@@H](C)C(=O)[C@H](C(C)C)OC(=O)C[C@H]1O. The lowest BCUT2D eigenvalue weighted by atomic mass is 9.91. The molecule has 4 rings (SSSR count). The van der Waals surface area contributed by atoms with E-state index >= 15 is 4.79 Å². The largest absolute Gasteiger partial charge is 0.497 e. The van der Waals surface area contributed by atoms with E-state index in [1.54, 1.807) is 52.0 Å². The maximum absolute atomic E-state index is 15.0. The summed E-state index contributed by atoms with van der Waals surface area (Å²) >= 11 is 0. The number of aliphatic hydroxyl groups is 2. The summed E-state index contributed by atoms with van der Waals surface area (Å²) in [6, 6.07) is -2.19. The van der Waals surface area contributed by atoms with Crippen molar-refractivity contribution in [2.24, 2.45) is 29.6 Å². The van der Waals surface area contributed by atoms with Crippen molar-refractivity contribution in [3.8, 4) is 5.75 Å². The van der Waals surface area contributed by atoms with Crippen molar-refractivity contribution in [1.29, 1.82) is 0 Å². The number of carbonyl (C=O) groups excluding carboxylic acids is 10. The number of likely N-dealkylation sites (N-methyl/N-ethyl adjacent to an activating group) is 2. The van der Waals surface area contributed by atoms with Gasteiger partial charge in [-0.15, -0.1) is 0 Å². The van der Waals surface area contributed by atoms with E-state index in [0.29, 0.717) is 30.6 Å². The normalized spacial score (nSPS) is 27.7. The topological polar surface area (TPSA) is 288 Å². The quantitative estimate of drug-likeness (QED) is 0.124. The van der Waals surface area contributed by atoms with Crippen molar-refractivity contribution in [3.63, 3.8) is 0 Å². The molecule has 3 aliphatic rings. The van der Waals surface area contributed by atoms with E-state index in [1.807, 2.05) is 27.7 Å². The van der Waals surface area contributed by atoms with Crippen molar-refractivity contribution in [3.05, 3.63) is 29.8 Å². The highest BCUT2D eigenvalue weighted by Crippen LogP contribution is 2.27. The number of ketones is 1.